The van der Waals surface area contributed by atoms with Gasteiger partial charge in [0.1, 0.15) is 0 Å². The fraction of sp³-hybridized carbons (Fsp3) is 0.750. The molecule has 0 fully saturated rings. The topological polar surface area (TPSA) is 0 Å². The van der Waals surface area contributed by atoms with Crippen LogP contribution in [0.2, 0.25) is 0 Å². The summed E-state index contributed by atoms with van der Waals surface area (Å²) < 4.78 is 37.3. The molecule has 0 rings (SSSR count). The third-order valence-electron chi connectivity index (χ3n) is 1.43. The molecule has 0 spiro atoms. The van der Waals surface area contributed by atoms with E-state index in [1.165, 1.54) is 6.08 Å². The second kappa shape index (κ2) is 5.11. The minimum absolute atomic E-state index is 0.516. The first-order chi connectivity index (χ1) is 5.81. The summed E-state index contributed by atoms with van der Waals surface area (Å²) in [6.45, 7) is 1.94. The fourth-order valence-corrected chi connectivity index (χ4v) is 0.800. The Morgan fingerprint density at radius 2 is 1.77 bits per heavy atom. The zero-order chi connectivity index (χ0) is 10.5. The van der Waals surface area contributed by atoms with Gasteiger partial charge in [0.05, 0.1) is 0 Å². The summed E-state index contributed by atoms with van der Waals surface area (Å²) in [4.78, 5) is 0. The SMILES string of the molecule is CCCC/C=C\[C@](F)(Cl)C(F)(F)Cl. The summed E-state index contributed by atoms with van der Waals surface area (Å²) in [7, 11) is 0. The number of halogens is 5. The van der Waals surface area contributed by atoms with Crippen LogP contribution in [0.15, 0.2) is 12.2 Å². The number of hydrogen-bond acceptors (Lipinski definition) is 0. The Morgan fingerprint density at radius 1 is 1.23 bits per heavy atom. The van der Waals surface area contributed by atoms with Gasteiger partial charge in [-0.15, -0.1) is 0 Å². The zero-order valence-electron chi connectivity index (χ0n) is 7.17. The molecule has 0 heterocycles. The molecular formula is C8H11Cl2F3. The summed E-state index contributed by atoms with van der Waals surface area (Å²) in [6, 6.07) is 0. The second-order valence-corrected chi connectivity index (χ2v) is 3.69. The molecule has 13 heavy (non-hydrogen) atoms. The van der Waals surface area contributed by atoms with Crippen LogP contribution in [0.4, 0.5) is 13.2 Å². The molecule has 0 unspecified atom stereocenters. The molecule has 0 bridgehead atoms. The average Bonchev–Trinajstić information content (AvgIpc) is 1.96. The van der Waals surface area contributed by atoms with Crippen molar-refractivity contribution in [2.45, 2.75) is 36.7 Å². The Morgan fingerprint density at radius 3 is 2.15 bits per heavy atom. The third-order valence-corrected chi connectivity index (χ3v) is 2.16. The van der Waals surface area contributed by atoms with Crippen LogP contribution in [0.1, 0.15) is 26.2 Å². The highest BCUT2D eigenvalue weighted by Crippen LogP contribution is 2.40. The third kappa shape index (κ3) is 4.77. The van der Waals surface area contributed by atoms with Gasteiger partial charge in [-0.2, -0.15) is 8.78 Å². The van der Waals surface area contributed by atoms with Gasteiger partial charge in [0, 0.05) is 0 Å². The molecule has 0 radical (unpaired) electrons. The van der Waals surface area contributed by atoms with Crippen molar-refractivity contribution in [1.82, 2.24) is 0 Å². The second-order valence-electron chi connectivity index (χ2n) is 2.67. The van der Waals surface area contributed by atoms with Crippen LogP contribution in [0.5, 0.6) is 0 Å². The first kappa shape index (κ1) is 13.1. The summed E-state index contributed by atoms with van der Waals surface area (Å²) >= 11 is 9.30. The van der Waals surface area contributed by atoms with Crippen molar-refractivity contribution in [3.63, 3.8) is 0 Å². The van der Waals surface area contributed by atoms with Crippen molar-refractivity contribution < 1.29 is 13.2 Å². The minimum Gasteiger partial charge on any atom is -0.213 e. The lowest BCUT2D eigenvalue weighted by atomic mass is 10.2. The van der Waals surface area contributed by atoms with Crippen molar-refractivity contribution in [2.75, 3.05) is 0 Å². The van der Waals surface area contributed by atoms with Crippen LogP contribution in [0, 0.1) is 0 Å². The van der Waals surface area contributed by atoms with E-state index in [1.807, 2.05) is 6.92 Å². The van der Waals surface area contributed by atoms with Crippen molar-refractivity contribution >= 4 is 23.2 Å². The number of allylic oxidation sites excluding steroid dienone is 2. The maximum absolute atomic E-state index is 12.8. The summed E-state index contributed by atoms with van der Waals surface area (Å²) in [5.74, 6) is 0. The first-order valence-corrected chi connectivity index (χ1v) is 4.69. The van der Waals surface area contributed by atoms with E-state index in [9.17, 15) is 13.2 Å². The monoisotopic (exact) mass is 234 g/mol. The van der Waals surface area contributed by atoms with Gasteiger partial charge < -0.3 is 0 Å². The molecule has 0 aliphatic rings. The van der Waals surface area contributed by atoms with Crippen LogP contribution in [-0.2, 0) is 0 Å². The van der Waals surface area contributed by atoms with Crippen molar-refractivity contribution in [1.29, 1.82) is 0 Å². The molecule has 5 heteroatoms. The molecule has 0 saturated heterocycles. The van der Waals surface area contributed by atoms with Crippen molar-refractivity contribution in [3.8, 4) is 0 Å². The highest BCUT2D eigenvalue weighted by atomic mass is 35.5. The van der Waals surface area contributed by atoms with E-state index in [4.69, 9.17) is 11.6 Å². The minimum atomic E-state index is -4.07. The number of alkyl halides is 5. The Labute approximate surface area is 85.7 Å². The molecule has 0 amide bonds. The van der Waals surface area contributed by atoms with Gasteiger partial charge in [-0.05, 0) is 24.1 Å². The van der Waals surface area contributed by atoms with Crippen molar-refractivity contribution in [3.05, 3.63) is 12.2 Å². The standard InChI is InChI=1S/C8H11Cl2F3/c1-2-3-4-5-6-7(9,11)8(10,12)13/h5-6H,2-4H2,1H3/b6-5-/t7-/m1/s1. The Hall–Kier alpha value is 0.110. The molecule has 78 valence electrons. The summed E-state index contributed by atoms with van der Waals surface area (Å²) in [6.07, 6.45) is 4.09. The van der Waals surface area contributed by atoms with Crippen LogP contribution in [-0.4, -0.2) is 10.5 Å². The van der Waals surface area contributed by atoms with Crippen LogP contribution < -0.4 is 0 Å². The van der Waals surface area contributed by atoms with Crippen LogP contribution in [0.3, 0.4) is 0 Å². The Balaban J connectivity index is 4.09. The highest BCUT2D eigenvalue weighted by Gasteiger charge is 2.50. The van der Waals surface area contributed by atoms with E-state index in [-0.39, 0.29) is 0 Å². The molecule has 0 aliphatic carbocycles. The maximum Gasteiger partial charge on any atom is 0.372 e. The summed E-state index contributed by atoms with van der Waals surface area (Å²) in [5, 5.41) is -7.36. The van der Waals surface area contributed by atoms with E-state index >= 15 is 0 Å². The van der Waals surface area contributed by atoms with Gasteiger partial charge in [0.2, 0.25) is 0 Å². The lowest BCUT2D eigenvalue weighted by Gasteiger charge is -2.18. The van der Waals surface area contributed by atoms with E-state index in [0.717, 1.165) is 12.8 Å². The predicted molar refractivity (Wildman–Crippen MR) is 49.2 cm³/mol. The lowest BCUT2D eigenvalue weighted by Crippen LogP contribution is -2.31. The Bertz CT molecular complexity index is 173. The number of rotatable bonds is 5. The van der Waals surface area contributed by atoms with Crippen molar-refractivity contribution in [2.24, 2.45) is 0 Å². The van der Waals surface area contributed by atoms with E-state index in [0.29, 0.717) is 12.5 Å². The number of unbranched alkanes of at least 4 members (excludes halogenated alkanes) is 2. The van der Waals surface area contributed by atoms with Gasteiger partial charge in [0.15, 0.2) is 0 Å². The molecule has 0 saturated carbocycles. The van der Waals surface area contributed by atoms with Crippen LogP contribution >= 0.6 is 23.2 Å². The molecule has 0 nitrogen and oxygen atoms in total. The van der Waals surface area contributed by atoms with Gasteiger partial charge >= 0.3 is 5.38 Å². The largest absolute Gasteiger partial charge is 0.372 e. The summed E-state index contributed by atoms with van der Waals surface area (Å²) in [5.41, 5.74) is 0. The zero-order valence-corrected chi connectivity index (χ0v) is 8.68. The molecule has 0 aromatic carbocycles. The van der Waals surface area contributed by atoms with E-state index < -0.39 is 10.5 Å². The van der Waals surface area contributed by atoms with Gasteiger partial charge in [-0.25, -0.2) is 4.39 Å². The fourth-order valence-electron chi connectivity index (χ4n) is 0.648. The number of hydrogen-bond donors (Lipinski definition) is 0. The smallest absolute Gasteiger partial charge is 0.213 e. The molecule has 1 atom stereocenters. The molecule has 0 aromatic rings. The molecule has 0 N–H and O–H groups in total. The average molecular weight is 235 g/mol. The molecule has 0 aliphatic heterocycles. The van der Waals surface area contributed by atoms with Crippen LogP contribution in [0.25, 0.3) is 0 Å². The van der Waals surface area contributed by atoms with Gasteiger partial charge in [-0.1, -0.05) is 37.4 Å². The molecule has 0 aromatic heterocycles. The predicted octanol–water partition coefficient (Wildman–Crippen LogP) is 4.47. The Kier molecular flexibility index (Phi) is 5.15. The maximum atomic E-state index is 12.8. The highest BCUT2D eigenvalue weighted by molar-refractivity contribution is 6.33. The lowest BCUT2D eigenvalue weighted by molar-refractivity contribution is 0.00616. The van der Waals surface area contributed by atoms with Gasteiger partial charge in [-0.3, -0.25) is 0 Å². The van der Waals surface area contributed by atoms with E-state index in [2.05, 4.69) is 11.6 Å². The first-order valence-electron chi connectivity index (χ1n) is 3.93. The van der Waals surface area contributed by atoms with E-state index in [1.54, 1.807) is 0 Å². The van der Waals surface area contributed by atoms with Gasteiger partial charge in [0.25, 0.3) is 5.13 Å². The quantitative estimate of drug-likeness (QED) is 0.374. The normalized spacial score (nSPS) is 17.7. The molecular weight excluding hydrogens is 224 g/mol.